The van der Waals surface area contributed by atoms with Crippen LogP contribution < -0.4 is 5.73 Å². The Bertz CT molecular complexity index is 216. The molecule has 0 saturated heterocycles. The zero-order valence-corrected chi connectivity index (χ0v) is 11.4. The highest BCUT2D eigenvalue weighted by Gasteiger charge is 2.36. The molecule has 3 heteroatoms. The van der Waals surface area contributed by atoms with Crippen LogP contribution in [0.25, 0.3) is 0 Å². The lowest BCUT2D eigenvalue weighted by Gasteiger charge is -2.37. The zero-order chi connectivity index (χ0) is 12.8. The molecular weight excluding hydrogens is 202 g/mol. The zero-order valence-electron chi connectivity index (χ0n) is 11.4. The first kappa shape index (κ1) is 15.4. The van der Waals surface area contributed by atoms with E-state index >= 15 is 0 Å². The lowest BCUT2D eigenvalue weighted by atomic mass is 9.70. The topological polar surface area (TPSA) is 52.3 Å². The molecule has 0 aliphatic carbocycles. The molecule has 0 spiro atoms. The summed E-state index contributed by atoms with van der Waals surface area (Å²) < 4.78 is 4.78. The van der Waals surface area contributed by atoms with Crippen molar-refractivity contribution in [3.8, 4) is 0 Å². The summed E-state index contributed by atoms with van der Waals surface area (Å²) in [5.74, 6) is 0.443. The van der Waals surface area contributed by atoms with Crippen molar-refractivity contribution in [2.75, 3.05) is 7.11 Å². The van der Waals surface area contributed by atoms with E-state index in [1.54, 1.807) is 0 Å². The van der Waals surface area contributed by atoms with Gasteiger partial charge in [0.25, 0.3) is 0 Å². The number of methoxy groups -OCH3 is 1. The molecule has 2 N–H and O–H groups in total. The minimum Gasteiger partial charge on any atom is -0.469 e. The molecule has 0 heterocycles. The van der Waals surface area contributed by atoms with Crippen LogP contribution in [0.5, 0.6) is 0 Å². The number of carbonyl (C=O) groups excluding carboxylic acids is 1. The first-order valence-corrected chi connectivity index (χ1v) is 6.24. The summed E-state index contributed by atoms with van der Waals surface area (Å²) >= 11 is 0. The highest BCUT2D eigenvalue weighted by molar-refractivity contribution is 5.70. The second-order valence-electron chi connectivity index (χ2n) is 4.98. The maximum atomic E-state index is 11.5. The van der Waals surface area contributed by atoms with Gasteiger partial charge in [-0.05, 0) is 31.1 Å². The van der Waals surface area contributed by atoms with E-state index < -0.39 is 0 Å². The van der Waals surface area contributed by atoms with Crippen LogP contribution in [0.3, 0.4) is 0 Å². The minimum absolute atomic E-state index is 0.0191. The van der Waals surface area contributed by atoms with Gasteiger partial charge in [-0.2, -0.15) is 0 Å². The van der Waals surface area contributed by atoms with Crippen LogP contribution in [0.15, 0.2) is 0 Å². The van der Waals surface area contributed by atoms with Crippen molar-refractivity contribution in [1.82, 2.24) is 0 Å². The molecule has 3 unspecified atom stereocenters. The van der Waals surface area contributed by atoms with E-state index in [1.807, 2.05) is 6.92 Å². The number of ether oxygens (including phenoxy) is 1. The fourth-order valence-electron chi connectivity index (χ4n) is 2.21. The van der Waals surface area contributed by atoms with Crippen molar-refractivity contribution < 1.29 is 9.53 Å². The lowest BCUT2D eigenvalue weighted by molar-refractivity contribution is -0.144. The Hall–Kier alpha value is -0.570. The fraction of sp³-hybridized carbons (Fsp3) is 0.923. The largest absolute Gasteiger partial charge is 0.469 e. The van der Waals surface area contributed by atoms with Crippen molar-refractivity contribution in [3.05, 3.63) is 0 Å². The minimum atomic E-state index is -0.151. The van der Waals surface area contributed by atoms with Crippen LogP contribution in [0.2, 0.25) is 0 Å². The van der Waals surface area contributed by atoms with E-state index in [0.29, 0.717) is 12.3 Å². The van der Waals surface area contributed by atoms with Gasteiger partial charge in [-0.3, -0.25) is 4.79 Å². The van der Waals surface area contributed by atoms with Gasteiger partial charge in [0.05, 0.1) is 13.5 Å². The second-order valence-corrected chi connectivity index (χ2v) is 4.98. The van der Waals surface area contributed by atoms with Gasteiger partial charge < -0.3 is 10.5 Å². The molecule has 0 aliphatic rings. The number of nitrogens with two attached hydrogens (primary N) is 1. The highest BCUT2D eigenvalue weighted by Crippen LogP contribution is 2.38. The molecule has 0 fully saturated rings. The molecule has 0 aromatic rings. The van der Waals surface area contributed by atoms with Crippen molar-refractivity contribution in [2.24, 2.45) is 17.1 Å². The Morgan fingerprint density at radius 2 is 1.94 bits per heavy atom. The standard InChI is InChI=1S/C13H27NO2/c1-6-10(3)8-13(7-2,11(4)14)9-12(15)16-5/h10-11H,6-9,14H2,1-5H3. The van der Waals surface area contributed by atoms with Gasteiger partial charge in [0.1, 0.15) is 0 Å². The third kappa shape index (κ3) is 4.12. The maximum absolute atomic E-state index is 11.5. The van der Waals surface area contributed by atoms with Crippen LogP contribution in [0.1, 0.15) is 53.4 Å². The van der Waals surface area contributed by atoms with Crippen molar-refractivity contribution in [2.45, 2.75) is 59.4 Å². The van der Waals surface area contributed by atoms with Gasteiger partial charge in [0.2, 0.25) is 0 Å². The molecule has 0 aromatic carbocycles. The smallest absolute Gasteiger partial charge is 0.306 e. The van der Waals surface area contributed by atoms with Crippen LogP contribution in [-0.2, 0) is 9.53 Å². The van der Waals surface area contributed by atoms with Gasteiger partial charge in [-0.15, -0.1) is 0 Å². The van der Waals surface area contributed by atoms with E-state index in [2.05, 4.69) is 20.8 Å². The van der Waals surface area contributed by atoms with E-state index in [-0.39, 0.29) is 17.4 Å². The Labute approximate surface area is 99.7 Å². The Morgan fingerprint density at radius 1 is 1.38 bits per heavy atom. The quantitative estimate of drug-likeness (QED) is 0.683. The summed E-state index contributed by atoms with van der Waals surface area (Å²) in [6.07, 6.45) is 3.47. The molecule has 0 amide bonds. The third-order valence-electron chi connectivity index (χ3n) is 3.85. The lowest BCUT2D eigenvalue weighted by Crippen LogP contribution is -2.42. The summed E-state index contributed by atoms with van der Waals surface area (Å²) in [4.78, 5) is 11.5. The second kappa shape index (κ2) is 6.89. The van der Waals surface area contributed by atoms with Crippen LogP contribution in [0, 0.1) is 11.3 Å². The SMILES string of the molecule is CCC(C)CC(CC)(CC(=O)OC)C(C)N. The predicted molar refractivity (Wildman–Crippen MR) is 67.1 cm³/mol. The average Bonchev–Trinajstić information content (AvgIpc) is 2.27. The van der Waals surface area contributed by atoms with Gasteiger partial charge in [-0.1, -0.05) is 27.2 Å². The van der Waals surface area contributed by atoms with Gasteiger partial charge in [0, 0.05) is 6.04 Å². The molecule has 96 valence electrons. The van der Waals surface area contributed by atoms with E-state index in [0.717, 1.165) is 19.3 Å². The molecule has 3 nitrogen and oxygen atoms in total. The molecule has 0 aromatic heterocycles. The first-order valence-electron chi connectivity index (χ1n) is 6.24. The molecule has 16 heavy (non-hydrogen) atoms. The van der Waals surface area contributed by atoms with Crippen LogP contribution in [-0.4, -0.2) is 19.1 Å². The number of carbonyl (C=O) groups is 1. The van der Waals surface area contributed by atoms with Gasteiger partial charge in [-0.25, -0.2) is 0 Å². The van der Waals surface area contributed by atoms with Crippen LogP contribution >= 0.6 is 0 Å². The first-order chi connectivity index (χ1) is 7.41. The molecule has 0 rings (SSSR count). The summed E-state index contributed by atoms with van der Waals surface area (Å²) in [7, 11) is 1.44. The Morgan fingerprint density at radius 3 is 2.25 bits per heavy atom. The summed E-state index contributed by atoms with van der Waals surface area (Å²) in [6, 6.07) is 0.0191. The highest BCUT2D eigenvalue weighted by atomic mass is 16.5. The Balaban J connectivity index is 4.77. The predicted octanol–water partition coefficient (Wildman–Crippen LogP) is 2.73. The van der Waals surface area contributed by atoms with E-state index in [9.17, 15) is 4.79 Å². The number of rotatable bonds is 7. The van der Waals surface area contributed by atoms with Crippen molar-refractivity contribution >= 4 is 5.97 Å². The molecule has 0 radical (unpaired) electrons. The molecule has 0 saturated carbocycles. The van der Waals surface area contributed by atoms with Crippen molar-refractivity contribution in [3.63, 3.8) is 0 Å². The van der Waals surface area contributed by atoms with E-state index in [4.69, 9.17) is 10.5 Å². The average molecular weight is 229 g/mol. The molecule has 0 bridgehead atoms. The number of hydrogen-bond acceptors (Lipinski definition) is 3. The van der Waals surface area contributed by atoms with Gasteiger partial charge >= 0.3 is 5.97 Å². The number of esters is 1. The fourth-order valence-corrected chi connectivity index (χ4v) is 2.21. The van der Waals surface area contributed by atoms with Gasteiger partial charge in [0.15, 0.2) is 0 Å². The normalized spacial score (nSPS) is 18.6. The molecule has 3 atom stereocenters. The summed E-state index contributed by atoms with van der Waals surface area (Å²) in [5.41, 5.74) is 5.97. The summed E-state index contributed by atoms with van der Waals surface area (Å²) in [5, 5.41) is 0. The van der Waals surface area contributed by atoms with Crippen LogP contribution in [0.4, 0.5) is 0 Å². The van der Waals surface area contributed by atoms with Crippen molar-refractivity contribution in [1.29, 1.82) is 0 Å². The summed E-state index contributed by atoms with van der Waals surface area (Å²) in [6.45, 7) is 8.48. The third-order valence-corrected chi connectivity index (χ3v) is 3.85. The van der Waals surface area contributed by atoms with E-state index in [1.165, 1.54) is 7.11 Å². The molecule has 0 aliphatic heterocycles. The maximum Gasteiger partial charge on any atom is 0.306 e. The Kier molecular flexibility index (Phi) is 6.65. The molecular formula is C13H27NO2. The number of hydrogen-bond donors (Lipinski definition) is 1. The monoisotopic (exact) mass is 229 g/mol.